The normalized spacial score (nSPS) is 10.0. The summed E-state index contributed by atoms with van der Waals surface area (Å²) in [6.45, 7) is 0. The molecule has 4 heteroatoms. The highest BCUT2D eigenvalue weighted by Crippen LogP contribution is 2.19. The molecule has 0 amide bonds. The van der Waals surface area contributed by atoms with Crippen molar-refractivity contribution in [1.29, 1.82) is 0 Å². The van der Waals surface area contributed by atoms with Gasteiger partial charge in [-0.2, -0.15) is 0 Å². The van der Waals surface area contributed by atoms with Crippen LogP contribution in [0.3, 0.4) is 0 Å². The SMILES string of the molecule is O=Cc1ccsc1-n1ccnc1. The molecule has 0 aromatic carbocycles. The molecule has 60 valence electrons. The Labute approximate surface area is 73.3 Å². The van der Waals surface area contributed by atoms with Crippen LogP contribution in [0.15, 0.2) is 30.2 Å². The molecular weight excluding hydrogens is 172 g/mol. The second kappa shape index (κ2) is 2.91. The maximum absolute atomic E-state index is 10.6. The molecule has 0 saturated carbocycles. The lowest BCUT2D eigenvalue weighted by atomic mass is 10.3. The van der Waals surface area contributed by atoms with Crippen molar-refractivity contribution in [1.82, 2.24) is 9.55 Å². The molecular formula is C8H6N2OS. The van der Waals surface area contributed by atoms with Crippen LogP contribution in [0.4, 0.5) is 0 Å². The highest BCUT2D eigenvalue weighted by Gasteiger charge is 2.03. The third-order valence-corrected chi connectivity index (χ3v) is 2.48. The number of hydrogen-bond acceptors (Lipinski definition) is 3. The summed E-state index contributed by atoms with van der Waals surface area (Å²) >= 11 is 1.52. The molecule has 0 saturated heterocycles. The van der Waals surface area contributed by atoms with Gasteiger partial charge in [0.1, 0.15) is 5.00 Å². The lowest BCUT2D eigenvalue weighted by molar-refractivity contribution is 0.112. The summed E-state index contributed by atoms with van der Waals surface area (Å²) in [6.07, 6.45) is 6.04. The Morgan fingerprint density at radius 1 is 1.58 bits per heavy atom. The Morgan fingerprint density at radius 3 is 3.17 bits per heavy atom. The first kappa shape index (κ1) is 7.24. The minimum absolute atomic E-state index is 0.706. The molecule has 0 bridgehead atoms. The second-order valence-corrected chi connectivity index (χ2v) is 3.16. The molecule has 0 fully saturated rings. The minimum Gasteiger partial charge on any atom is -0.298 e. The predicted octanol–water partition coefficient (Wildman–Crippen LogP) is 1.75. The number of nitrogens with zero attached hydrogens (tertiary/aromatic N) is 2. The number of aldehydes is 1. The van der Waals surface area contributed by atoms with Crippen LogP contribution in [0.2, 0.25) is 0 Å². The van der Waals surface area contributed by atoms with Crippen LogP contribution in [0.1, 0.15) is 10.4 Å². The van der Waals surface area contributed by atoms with Gasteiger partial charge >= 0.3 is 0 Å². The molecule has 0 unspecified atom stereocenters. The van der Waals surface area contributed by atoms with Gasteiger partial charge in [-0.15, -0.1) is 11.3 Å². The van der Waals surface area contributed by atoms with Crippen molar-refractivity contribution in [3.8, 4) is 5.00 Å². The van der Waals surface area contributed by atoms with E-state index in [1.807, 2.05) is 16.1 Å². The molecule has 3 nitrogen and oxygen atoms in total. The van der Waals surface area contributed by atoms with Gasteiger partial charge in [0.2, 0.25) is 0 Å². The van der Waals surface area contributed by atoms with Crippen LogP contribution >= 0.6 is 11.3 Å². The monoisotopic (exact) mass is 178 g/mol. The van der Waals surface area contributed by atoms with E-state index in [2.05, 4.69) is 4.98 Å². The third kappa shape index (κ3) is 1.06. The van der Waals surface area contributed by atoms with Crippen LogP contribution in [-0.2, 0) is 0 Å². The molecule has 0 aliphatic carbocycles. The highest BCUT2D eigenvalue weighted by atomic mass is 32.1. The molecule has 0 N–H and O–H groups in total. The topological polar surface area (TPSA) is 34.9 Å². The molecule has 2 rings (SSSR count). The fourth-order valence-electron chi connectivity index (χ4n) is 0.990. The van der Waals surface area contributed by atoms with Crippen molar-refractivity contribution in [3.05, 3.63) is 35.7 Å². The van der Waals surface area contributed by atoms with Gasteiger partial charge in [-0.3, -0.25) is 9.36 Å². The van der Waals surface area contributed by atoms with Gasteiger partial charge in [0.15, 0.2) is 6.29 Å². The van der Waals surface area contributed by atoms with Gasteiger partial charge in [-0.05, 0) is 11.4 Å². The first-order chi connectivity index (χ1) is 5.92. The van der Waals surface area contributed by atoms with Crippen molar-refractivity contribution < 1.29 is 4.79 Å². The zero-order valence-corrected chi connectivity index (χ0v) is 6.99. The largest absolute Gasteiger partial charge is 0.298 e. The van der Waals surface area contributed by atoms with Crippen LogP contribution in [0.5, 0.6) is 0 Å². The standard InChI is InChI=1S/C8H6N2OS/c11-5-7-1-4-12-8(7)10-3-2-9-6-10/h1-6H. The molecule has 0 spiro atoms. The Bertz CT molecular complexity index is 377. The number of hydrogen-bond donors (Lipinski definition) is 0. The van der Waals surface area contributed by atoms with E-state index >= 15 is 0 Å². The quantitative estimate of drug-likeness (QED) is 0.656. The molecule has 0 radical (unpaired) electrons. The molecule has 0 aliphatic heterocycles. The summed E-state index contributed by atoms with van der Waals surface area (Å²) < 4.78 is 1.83. The van der Waals surface area contributed by atoms with Crippen molar-refractivity contribution in [2.45, 2.75) is 0 Å². The Morgan fingerprint density at radius 2 is 2.50 bits per heavy atom. The Kier molecular flexibility index (Phi) is 1.75. The van der Waals surface area contributed by atoms with Gasteiger partial charge in [0.25, 0.3) is 0 Å². The first-order valence-corrected chi connectivity index (χ1v) is 4.31. The Hall–Kier alpha value is -1.42. The Balaban J connectivity index is 2.53. The molecule has 0 aliphatic rings. The van der Waals surface area contributed by atoms with Crippen molar-refractivity contribution >= 4 is 17.6 Å². The van der Waals surface area contributed by atoms with E-state index in [-0.39, 0.29) is 0 Å². The number of carbonyl (C=O) groups excluding carboxylic acids is 1. The minimum atomic E-state index is 0.706. The predicted molar refractivity (Wildman–Crippen MR) is 46.8 cm³/mol. The van der Waals surface area contributed by atoms with Gasteiger partial charge in [-0.1, -0.05) is 0 Å². The summed E-state index contributed by atoms with van der Waals surface area (Å²) in [4.78, 5) is 14.5. The van der Waals surface area contributed by atoms with E-state index in [0.29, 0.717) is 5.56 Å². The van der Waals surface area contributed by atoms with Gasteiger partial charge < -0.3 is 0 Å². The molecule has 2 aromatic heterocycles. The van der Waals surface area contributed by atoms with Crippen LogP contribution in [0.25, 0.3) is 5.00 Å². The van der Waals surface area contributed by atoms with E-state index in [1.165, 1.54) is 11.3 Å². The summed E-state index contributed by atoms with van der Waals surface area (Å²) in [5.41, 5.74) is 0.706. The maximum atomic E-state index is 10.6. The van der Waals surface area contributed by atoms with Gasteiger partial charge in [0, 0.05) is 18.0 Å². The van der Waals surface area contributed by atoms with E-state index in [4.69, 9.17) is 0 Å². The van der Waals surface area contributed by atoms with Crippen LogP contribution < -0.4 is 0 Å². The fraction of sp³-hybridized carbons (Fsp3) is 0. The fourth-order valence-corrected chi connectivity index (χ4v) is 1.82. The van der Waals surface area contributed by atoms with Gasteiger partial charge in [0.05, 0.1) is 6.33 Å². The lowest BCUT2D eigenvalue weighted by Gasteiger charge is -1.96. The first-order valence-electron chi connectivity index (χ1n) is 3.43. The summed E-state index contributed by atoms with van der Waals surface area (Å²) in [5.74, 6) is 0. The number of aromatic nitrogens is 2. The average molecular weight is 178 g/mol. The summed E-state index contributed by atoms with van der Waals surface area (Å²) in [6, 6.07) is 1.80. The highest BCUT2D eigenvalue weighted by molar-refractivity contribution is 7.12. The van der Waals surface area contributed by atoms with E-state index in [1.54, 1.807) is 18.6 Å². The van der Waals surface area contributed by atoms with E-state index in [0.717, 1.165) is 11.3 Å². The summed E-state index contributed by atoms with van der Waals surface area (Å²) in [5, 5.41) is 2.81. The number of rotatable bonds is 2. The lowest BCUT2D eigenvalue weighted by Crippen LogP contribution is -1.89. The van der Waals surface area contributed by atoms with Crippen LogP contribution in [0, 0.1) is 0 Å². The maximum Gasteiger partial charge on any atom is 0.153 e. The number of thiophene rings is 1. The van der Waals surface area contributed by atoms with Crippen molar-refractivity contribution in [3.63, 3.8) is 0 Å². The summed E-state index contributed by atoms with van der Waals surface area (Å²) in [7, 11) is 0. The van der Waals surface area contributed by atoms with Crippen LogP contribution in [-0.4, -0.2) is 15.8 Å². The van der Waals surface area contributed by atoms with Crippen molar-refractivity contribution in [2.24, 2.45) is 0 Å². The number of imidazole rings is 1. The van der Waals surface area contributed by atoms with Gasteiger partial charge in [-0.25, -0.2) is 4.98 Å². The van der Waals surface area contributed by atoms with E-state index in [9.17, 15) is 4.79 Å². The van der Waals surface area contributed by atoms with E-state index < -0.39 is 0 Å². The number of carbonyl (C=O) groups is 1. The third-order valence-electron chi connectivity index (χ3n) is 1.54. The molecule has 2 aromatic rings. The smallest absolute Gasteiger partial charge is 0.153 e. The van der Waals surface area contributed by atoms with Crippen molar-refractivity contribution in [2.75, 3.05) is 0 Å². The second-order valence-electron chi connectivity index (χ2n) is 2.27. The zero-order chi connectivity index (χ0) is 8.39. The molecule has 12 heavy (non-hydrogen) atoms. The molecule has 2 heterocycles. The zero-order valence-electron chi connectivity index (χ0n) is 6.18. The molecule has 0 atom stereocenters. The average Bonchev–Trinajstić information content (AvgIpc) is 2.74.